The third-order valence-corrected chi connectivity index (χ3v) is 10.1. The lowest BCUT2D eigenvalue weighted by molar-refractivity contribution is -0.143. The van der Waals surface area contributed by atoms with Crippen LogP contribution in [0.1, 0.15) is 77.3 Å². The lowest BCUT2D eigenvalue weighted by Gasteiger charge is -2.45. The van der Waals surface area contributed by atoms with Crippen molar-refractivity contribution in [3.8, 4) is 0 Å². The van der Waals surface area contributed by atoms with Crippen molar-refractivity contribution in [3.63, 3.8) is 0 Å². The van der Waals surface area contributed by atoms with Gasteiger partial charge < -0.3 is 20.9 Å². The fraction of sp³-hybridized carbons (Fsp3) is 0.487. The molecule has 3 aromatic rings. The molecule has 4 N–H and O–H groups in total. The summed E-state index contributed by atoms with van der Waals surface area (Å²) in [4.78, 5) is 57.5. The predicted molar refractivity (Wildman–Crippen MR) is 190 cm³/mol. The summed E-state index contributed by atoms with van der Waals surface area (Å²) in [6.07, 6.45) is 4.05. The first-order valence-electron chi connectivity index (χ1n) is 17.7. The second-order valence-electron chi connectivity index (χ2n) is 14.0. The Balaban J connectivity index is 1.39. The average Bonchev–Trinajstić information content (AvgIpc) is 3.91. The average molecular weight is 672 g/mol. The van der Waals surface area contributed by atoms with Gasteiger partial charge in [-0.25, -0.2) is 4.39 Å². The number of fused-ring (bicyclic) bond motifs is 1. The molecule has 9 nitrogen and oxygen atoms in total. The van der Waals surface area contributed by atoms with Crippen molar-refractivity contribution < 1.29 is 23.6 Å². The van der Waals surface area contributed by atoms with Gasteiger partial charge in [-0.05, 0) is 79.5 Å². The molecule has 0 radical (unpaired) electrons. The fourth-order valence-electron chi connectivity index (χ4n) is 6.76. The minimum Gasteiger partial charge on any atom is -0.357 e. The number of imide groups is 1. The number of halogens is 1. The van der Waals surface area contributed by atoms with E-state index in [1.165, 1.54) is 12.1 Å². The van der Waals surface area contributed by atoms with E-state index in [0.717, 1.165) is 29.2 Å². The highest BCUT2D eigenvalue weighted by Gasteiger charge is 2.43. The Morgan fingerprint density at radius 2 is 1.69 bits per heavy atom. The second-order valence-corrected chi connectivity index (χ2v) is 14.0. The number of benzene rings is 3. The molecule has 0 spiro atoms. The maximum Gasteiger partial charge on any atom is 0.246 e. The summed E-state index contributed by atoms with van der Waals surface area (Å²) in [5.41, 5.74) is 7.29. The Morgan fingerprint density at radius 3 is 2.37 bits per heavy atom. The monoisotopic (exact) mass is 671 g/mol. The van der Waals surface area contributed by atoms with Crippen molar-refractivity contribution in [3.05, 3.63) is 77.6 Å². The molecule has 10 heteroatoms. The molecule has 49 heavy (non-hydrogen) atoms. The van der Waals surface area contributed by atoms with Gasteiger partial charge >= 0.3 is 0 Å². The molecule has 1 saturated heterocycles. The normalized spacial score (nSPS) is 17.4. The van der Waals surface area contributed by atoms with Crippen molar-refractivity contribution in [2.75, 3.05) is 18.0 Å². The van der Waals surface area contributed by atoms with Gasteiger partial charge in [0.2, 0.25) is 23.6 Å². The number of carbonyl (C=O) groups is 4. The topological polar surface area (TPSA) is 125 Å². The van der Waals surface area contributed by atoms with Gasteiger partial charge in [0, 0.05) is 37.7 Å². The van der Waals surface area contributed by atoms with Crippen LogP contribution in [0.15, 0.2) is 60.7 Å². The summed E-state index contributed by atoms with van der Waals surface area (Å²) in [5, 5.41) is 7.65. The molecule has 2 atom stereocenters. The number of rotatable bonds is 14. The van der Waals surface area contributed by atoms with Crippen LogP contribution in [-0.4, -0.2) is 65.3 Å². The van der Waals surface area contributed by atoms with Crippen LogP contribution < -0.4 is 21.3 Å². The number of nitrogens with one attached hydrogen (secondary N) is 2. The number of amides is 4. The molecule has 1 aliphatic heterocycles. The largest absolute Gasteiger partial charge is 0.357 e. The fourth-order valence-corrected chi connectivity index (χ4v) is 6.76. The highest BCUT2D eigenvalue weighted by atomic mass is 19.1. The molecule has 2 fully saturated rings. The smallest absolute Gasteiger partial charge is 0.246 e. The Hall–Kier alpha value is -4.31. The summed E-state index contributed by atoms with van der Waals surface area (Å²) in [7, 11) is 0. The van der Waals surface area contributed by atoms with Crippen molar-refractivity contribution in [1.29, 1.82) is 0 Å². The number of nitrogens with zero attached hydrogens (tertiary/aromatic N) is 2. The van der Waals surface area contributed by atoms with E-state index >= 15 is 0 Å². The van der Waals surface area contributed by atoms with Crippen molar-refractivity contribution in [2.45, 2.75) is 103 Å². The SMILES string of the molecule is CCC(N)(CC)C(=O)NC(=O)CCc1ccc(F)cc1N1CCN([C@H](Cc2ccc3ccccc3c2)C(=O)NC(C)C)C(=O)[C@@H]1CC1CC1. The number of hydrogen-bond acceptors (Lipinski definition) is 6. The van der Waals surface area contributed by atoms with Gasteiger partial charge in [-0.3, -0.25) is 24.5 Å². The van der Waals surface area contributed by atoms with Crippen molar-refractivity contribution in [1.82, 2.24) is 15.5 Å². The quantitative estimate of drug-likeness (QED) is 0.221. The van der Waals surface area contributed by atoms with E-state index in [-0.39, 0.29) is 37.2 Å². The Kier molecular flexibility index (Phi) is 11.4. The van der Waals surface area contributed by atoms with Crippen LogP contribution in [0.3, 0.4) is 0 Å². The second kappa shape index (κ2) is 15.5. The summed E-state index contributed by atoms with van der Waals surface area (Å²) >= 11 is 0. The zero-order chi connectivity index (χ0) is 35.3. The maximum atomic E-state index is 14.9. The summed E-state index contributed by atoms with van der Waals surface area (Å²) in [5.74, 6) is -1.38. The van der Waals surface area contributed by atoms with E-state index in [1.54, 1.807) is 24.8 Å². The molecule has 4 amide bonds. The summed E-state index contributed by atoms with van der Waals surface area (Å²) < 4.78 is 14.9. The first-order valence-corrected chi connectivity index (χ1v) is 17.7. The highest BCUT2D eigenvalue weighted by molar-refractivity contribution is 6.00. The van der Waals surface area contributed by atoms with Gasteiger partial charge in [0.1, 0.15) is 17.9 Å². The van der Waals surface area contributed by atoms with E-state index in [1.807, 2.05) is 55.1 Å². The van der Waals surface area contributed by atoms with Crippen LogP contribution in [0.2, 0.25) is 0 Å². The van der Waals surface area contributed by atoms with E-state index in [4.69, 9.17) is 5.73 Å². The predicted octanol–water partition coefficient (Wildman–Crippen LogP) is 5.03. The zero-order valence-corrected chi connectivity index (χ0v) is 29.1. The van der Waals surface area contributed by atoms with Crippen molar-refractivity contribution >= 4 is 40.1 Å². The van der Waals surface area contributed by atoms with Gasteiger partial charge in [-0.2, -0.15) is 0 Å². The van der Waals surface area contributed by atoms with Gasteiger partial charge in [-0.15, -0.1) is 0 Å². The molecule has 1 saturated carbocycles. The third-order valence-electron chi connectivity index (χ3n) is 10.1. The first kappa shape index (κ1) is 36.0. The van der Waals surface area contributed by atoms with Gasteiger partial charge in [0.25, 0.3) is 0 Å². The third kappa shape index (κ3) is 8.65. The first-order chi connectivity index (χ1) is 23.4. The van der Waals surface area contributed by atoms with Crippen LogP contribution >= 0.6 is 0 Å². The Morgan fingerprint density at radius 1 is 0.980 bits per heavy atom. The van der Waals surface area contributed by atoms with E-state index < -0.39 is 35.3 Å². The van der Waals surface area contributed by atoms with Crippen LogP contribution in [0.25, 0.3) is 10.8 Å². The molecule has 5 rings (SSSR count). The molecule has 0 aromatic heterocycles. The number of aryl methyl sites for hydroxylation is 1. The van der Waals surface area contributed by atoms with Crippen LogP contribution in [0, 0.1) is 11.7 Å². The molecule has 3 aromatic carbocycles. The number of anilines is 1. The molecule has 1 aliphatic carbocycles. The Labute approximate surface area is 288 Å². The molecular formula is C39H50FN5O4. The highest BCUT2D eigenvalue weighted by Crippen LogP contribution is 2.38. The summed E-state index contributed by atoms with van der Waals surface area (Å²) in [6.45, 7) is 8.10. The molecule has 0 bridgehead atoms. The van der Waals surface area contributed by atoms with Crippen LogP contribution in [0.5, 0.6) is 0 Å². The van der Waals surface area contributed by atoms with Gasteiger partial charge in [0.05, 0.1) is 5.54 Å². The number of nitrogens with two attached hydrogens (primary N) is 1. The van der Waals surface area contributed by atoms with E-state index in [9.17, 15) is 23.6 Å². The number of hydrogen-bond donors (Lipinski definition) is 3. The molecule has 1 heterocycles. The minimum atomic E-state index is -1.12. The van der Waals surface area contributed by atoms with Crippen molar-refractivity contribution in [2.24, 2.45) is 11.7 Å². The van der Waals surface area contributed by atoms with Gasteiger partial charge in [-0.1, -0.05) is 75.2 Å². The number of piperazine rings is 1. The van der Waals surface area contributed by atoms with Crippen LogP contribution in [0.4, 0.5) is 10.1 Å². The number of carbonyl (C=O) groups excluding carboxylic acids is 4. The molecule has 262 valence electrons. The summed E-state index contributed by atoms with van der Waals surface area (Å²) in [6, 6.07) is 17.2. The molecule has 2 aliphatic rings. The minimum absolute atomic E-state index is 0.00170. The lowest BCUT2D eigenvalue weighted by atomic mass is 9.93. The zero-order valence-electron chi connectivity index (χ0n) is 29.1. The van der Waals surface area contributed by atoms with Gasteiger partial charge in [0.15, 0.2) is 0 Å². The molecular weight excluding hydrogens is 621 g/mol. The van der Waals surface area contributed by atoms with E-state index in [2.05, 4.69) is 16.7 Å². The Bertz CT molecular complexity index is 1680. The molecule has 0 unspecified atom stereocenters. The van der Waals surface area contributed by atoms with E-state index in [0.29, 0.717) is 49.4 Å². The lowest BCUT2D eigenvalue weighted by Crippen LogP contribution is -2.63. The van der Waals surface area contributed by atoms with Crippen LogP contribution in [-0.2, 0) is 32.0 Å². The maximum absolute atomic E-state index is 14.9. The standard InChI is InChI=1S/C39H50FN5O4/c1-5-39(41,6-2)38(49)43-35(46)18-16-29-15-17-31(40)24-32(29)44-19-20-45(37(48)34(44)22-26-11-12-26)33(36(47)42-25(3)4)23-27-13-14-28-9-7-8-10-30(28)21-27/h7-10,13-15,17,21,24-26,33-34H,5-6,11-12,16,18-20,22-23,41H2,1-4H3,(H,42,47)(H,43,46,49)/t33-,34+/m1/s1.